The van der Waals surface area contributed by atoms with Gasteiger partial charge in [-0.05, 0) is 24.6 Å². The maximum Gasteiger partial charge on any atom is 0.0417 e. The summed E-state index contributed by atoms with van der Waals surface area (Å²) in [5.74, 6) is 0. The first-order valence-electron chi connectivity index (χ1n) is 3.20. The first-order chi connectivity index (χ1) is 5.11. The Labute approximate surface area is 88.2 Å². The van der Waals surface area contributed by atoms with E-state index in [1.165, 1.54) is 5.56 Å². The molecular weight excluding hydrogens is 291 g/mol. The van der Waals surface area contributed by atoms with Gasteiger partial charge in [0, 0.05) is 14.3 Å². The summed E-state index contributed by atoms with van der Waals surface area (Å²) in [4.78, 5) is 0.356. The van der Waals surface area contributed by atoms with Crippen LogP contribution in [-0.4, -0.2) is 0 Å². The van der Waals surface area contributed by atoms with Crippen LogP contribution in [-0.2, 0) is 0 Å². The fourth-order valence-electron chi connectivity index (χ4n) is 0.824. The van der Waals surface area contributed by atoms with Crippen LogP contribution in [0, 0.1) is 0 Å². The molecule has 0 aromatic heterocycles. The third kappa shape index (κ3) is 2.46. The van der Waals surface area contributed by atoms with Gasteiger partial charge in [-0.2, -0.15) is 0 Å². The van der Waals surface area contributed by atoms with Gasteiger partial charge >= 0.3 is 0 Å². The van der Waals surface area contributed by atoms with Gasteiger partial charge in [-0.1, -0.05) is 49.5 Å². The molecule has 1 aromatic rings. The standard InChI is InChI=1S/C8H7Br2Cl/c1-5(9)7-3-2-6(11)4-8(7)10/h2-5H,1H3. The van der Waals surface area contributed by atoms with Gasteiger partial charge < -0.3 is 0 Å². The number of alkyl halides is 1. The van der Waals surface area contributed by atoms with Gasteiger partial charge in [-0.15, -0.1) is 0 Å². The Morgan fingerprint density at radius 2 is 2.09 bits per heavy atom. The molecule has 0 aliphatic rings. The average molecular weight is 298 g/mol. The quantitative estimate of drug-likeness (QED) is 0.667. The molecule has 0 bridgehead atoms. The van der Waals surface area contributed by atoms with Crippen LogP contribution >= 0.6 is 43.5 Å². The van der Waals surface area contributed by atoms with Crippen molar-refractivity contribution in [1.29, 1.82) is 0 Å². The summed E-state index contributed by atoms with van der Waals surface area (Å²) in [6, 6.07) is 5.79. The average Bonchev–Trinajstić information content (AvgIpc) is 1.85. The van der Waals surface area contributed by atoms with Crippen LogP contribution in [0.5, 0.6) is 0 Å². The fraction of sp³-hybridized carbons (Fsp3) is 0.250. The predicted molar refractivity (Wildman–Crippen MR) is 56.5 cm³/mol. The lowest BCUT2D eigenvalue weighted by Crippen LogP contribution is -1.84. The van der Waals surface area contributed by atoms with Crippen LogP contribution in [0.15, 0.2) is 22.7 Å². The lowest BCUT2D eigenvalue weighted by Gasteiger charge is -2.05. The van der Waals surface area contributed by atoms with Crippen molar-refractivity contribution < 1.29 is 0 Å². The zero-order valence-electron chi connectivity index (χ0n) is 5.94. The molecule has 0 aliphatic heterocycles. The van der Waals surface area contributed by atoms with E-state index in [0.717, 1.165) is 9.50 Å². The lowest BCUT2D eigenvalue weighted by molar-refractivity contribution is 1.11. The Bertz CT molecular complexity index is 258. The zero-order chi connectivity index (χ0) is 8.43. The fourth-order valence-corrected chi connectivity index (χ4v) is 2.56. The Hall–Kier alpha value is 0.470. The highest BCUT2D eigenvalue weighted by atomic mass is 79.9. The second kappa shape index (κ2) is 3.92. The second-order valence-electron chi connectivity index (χ2n) is 2.28. The van der Waals surface area contributed by atoms with E-state index in [1.807, 2.05) is 18.2 Å². The van der Waals surface area contributed by atoms with Crippen LogP contribution < -0.4 is 0 Å². The molecule has 0 N–H and O–H groups in total. The molecule has 60 valence electrons. The Kier molecular flexibility index (Phi) is 3.41. The van der Waals surface area contributed by atoms with E-state index in [9.17, 15) is 0 Å². The molecule has 0 nitrogen and oxygen atoms in total. The van der Waals surface area contributed by atoms with E-state index in [-0.39, 0.29) is 0 Å². The van der Waals surface area contributed by atoms with E-state index >= 15 is 0 Å². The van der Waals surface area contributed by atoms with Gasteiger partial charge in [0.25, 0.3) is 0 Å². The van der Waals surface area contributed by atoms with E-state index < -0.39 is 0 Å². The molecule has 0 saturated carbocycles. The summed E-state index contributed by atoms with van der Waals surface area (Å²) in [6.07, 6.45) is 0. The molecule has 0 aliphatic carbocycles. The molecule has 0 radical (unpaired) electrons. The van der Waals surface area contributed by atoms with Gasteiger partial charge in [0.15, 0.2) is 0 Å². The highest BCUT2D eigenvalue weighted by Crippen LogP contribution is 2.30. The Morgan fingerprint density at radius 1 is 1.45 bits per heavy atom. The van der Waals surface area contributed by atoms with Crippen molar-refractivity contribution in [2.24, 2.45) is 0 Å². The third-order valence-electron chi connectivity index (χ3n) is 1.39. The third-order valence-corrected chi connectivity index (χ3v) is 2.81. The Morgan fingerprint density at radius 3 is 2.55 bits per heavy atom. The van der Waals surface area contributed by atoms with Crippen molar-refractivity contribution >= 4 is 43.5 Å². The van der Waals surface area contributed by atoms with Crippen molar-refractivity contribution in [3.8, 4) is 0 Å². The SMILES string of the molecule is CC(Br)c1ccc(Cl)cc1Br. The van der Waals surface area contributed by atoms with Gasteiger partial charge in [-0.25, -0.2) is 0 Å². The number of benzene rings is 1. The van der Waals surface area contributed by atoms with Crippen molar-refractivity contribution in [2.75, 3.05) is 0 Å². The number of halogens is 3. The van der Waals surface area contributed by atoms with Crippen LogP contribution in [0.25, 0.3) is 0 Å². The second-order valence-corrected chi connectivity index (χ2v) is 4.95. The van der Waals surface area contributed by atoms with E-state index in [0.29, 0.717) is 4.83 Å². The highest BCUT2D eigenvalue weighted by molar-refractivity contribution is 9.11. The Balaban J connectivity index is 3.09. The molecule has 0 heterocycles. The van der Waals surface area contributed by atoms with Crippen LogP contribution in [0.3, 0.4) is 0 Å². The van der Waals surface area contributed by atoms with Crippen LogP contribution in [0.2, 0.25) is 5.02 Å². The first-order valence-corrected chi connectivity index (χ1v) is 5.29. The highest BCUT2D eigenvalue weighted by Gasteiger charge is 2.04. The van der Waals surface area contributed by atoms with Crippen molar-refractivity contribution in [1.82, 2.24) is 0 Å². The largest absolute Gasteiger partial charge is 0.0843 e. The molecule has 1 aromatic carbocycles. The van der Waals surface area contributed by atoms with Crippen molar-refractivity contribution in [3.63, 3.8) is 0 Å². The summed E-state index contributed by atoms with van der Waals surface area (Å²) < 4.78 is 1.05. The number of hydrogen-bond acceptors (Lipinski definition) is 0. The van der Waals surface area contributed by atoms with Crippen molar-refractivity contribution in [2.45, 2.75) is 11.8 Å². The topological polar surface area (TPSA) is 0 Å². The lowest BCUT2D eigenvalue weighted by atomic mass is 10.2. The molecule has 1 rings (SSSR count). The van der Waals surface area contributed by atoms with E-state index in [1.54, 1.807) is 0 Å². The molecule has 1 unspecified atom stereocenters. The maximum atomic E-state index is 5.78. The molecule has 0 amide bonds. The van der Waals surface area contributed by atoms with Gasteiger partial charge in [0.05, 0.1) is 0 Å². The molecule has 0 spiro atoms. The van der Waals surface area contributed by atoms with E-state index in [2.05, 4.69) is 38.8 Å². The first kappa shape index (κ1) is 9.56. The van der Waals surface area contributed by atoms with Gasteiger partial charge in [-0.3, -0.25) is 0 Å². The summed E-state index contributed by atoms with van der Waals surface area (Å²) >= 11 is 12.7. The van der Waals surface area contributed by atoms with Crippen LogP contribution in [0.4, 0.5) is 0 Å². The molecule has 1 atom stereocenters. The minimum atomic E-state index is 0.356. The molecular formula is C8H7Br2Cl. The maximum absolute atomic E-state index is 5.78. The normalized spacial score (nSPS) is 13.1. The monoisotopic (exact) mass is 296 g/mol. The molecule has 3 heteroatoms. The van der Waals surface area contributed by atoms with Crippen molar-refractivity contribution in [3.05, 3.63) is 33.3 Å². The summed E-state index contributed by atoms with van der Waals surface area (Å²) in [5.41, 5.74) is 1.22. The minimum absolute atomic E-state index is 0.356. The summed E-state index contributed by atoms with van der Waals surface area (Å²) in [6.45, 7) is 2.08. The smallest absolute Gasteiger partial charge is 0.0417 e. The van der Waals surface area contributed by atoms with E-state index in [4.69, 9.17) is 11.6 Å². The summed E-state index contributed by atoms with van der Waals surface area (Å²) in [7, 11) is 0. The van der Waals surface area contributed by atoms with Gasteiger partial charge in [0.2, 0.25) is 0 Å². The summed E-state index contributed by atoms with van der Waals surface area (Å²) in [5, 5.41) is 0.758. The predicted octanol–water partition coefficient (Wildman–Crippen LogP) is 4.56. The molecule has 0 saturated heterocycles. The van der Waals surface area contributed by atoms with Gasteiger partial charge in [0.1, 0.15) is 0 Å². The number of rotatable bonds is 1. The minimum Gasteiger partial charge on any atom is -0.0843 e. The molecule has 0 fully saturated rings. The van der Waals surface area contributed by atoms with Crippen LogP contribution in [0.1, 0.15) is 17.3 Å². The molecule has 11 heavy (non-hydrogen) atoms. The number of hydrogen-bond donors (Lipinski definition) is 0. The zero-order valence-corrected chi connectivity index (χ0v) is 9.87.